The zero-order valence-electron chi connectivity index (χ0n) is 14.1. The summed E-state index contributed by atoms with van der Waals surface area (Å²) < 4.78 is 47.5. The van der Waals surface area contributed by atoms with Crippen molar-refractivity contribution < 1.29 is 22.6 Å². The number of methoxy groups -OCH3 is 1. The number of nitrogens with two attached hydrogens (primary N) is 1. The second kappa shape index (κ2) is 10.4. The number of pyridine rings is 1. The molecular formula is C16H17ClF3IN4O2. The van der Waals surface area contributed by atoms with E-state index in [1.165, 1.54) is 7.11 Å². The number of guanidine groups is 1. The predicted octanol–water partition coefficient (Wildman–Crippen LogP) is 4.19. The number of anilines is 1. The van der Waals surface area contributed by atoms with E-state index in [0.29, 0.717) is 22.7 Å². The number of hydrogen-bond donors (Lipinski definition) is 2. The van der Waals surface area contributed by atoms with Crippen molar-refractivity contribution >= 4 is 47.2 Å². The highest BCUT2D eigenvalue weighted by molar-refractivity contribution is 14.0. The largest absolute Gasteiger partial charge is 0.495 e. The maximum absolute atomic E-state index is 12.4. The third kappa shape index (κ3) is 7.29. The molecular weight excluding hydrogens is 500 g/mol. The molecule has 0 unspecified atom stereocenters. The van der Waals surface area contributed by atoms with E-state index in [1.807, 2.05) is 0 Å². The number of alkyl halides is 3. The molecule has 2 aromatic rings. The summed E-state index contributed by atoms with van der Waals surface area (Å²) >= 11 is 6.00. The summed E-state index contributed by atoms with van der Waals surface area (Å²) in [5, 5.41) is 3.27. The number of halogens is 5. The van der Waals surface area contributed by atoms with E-state index in [1.54, 1.807) is 18.2 Å². The SMILES string of the molecule is COc1ccc(NC(N)=NCCOc2ccc(C(F)(F)F)cn2)cc1Cl.I. The first-order valence-electron chi connectivity index (χ1n) is 7.36. The second-order valence-electron chi connectivity index (χ2n) is 4.97. The lowest BCUT2D eigenvalue weighted by Gasteiger charge is -2.09. The molecule has 0 atom stereocenters. The van der Waals surface area contributed by atoms with Crippen molar-refractivity contribution in [1.29, 1.82) is 0 Å². The minimum Gasteiger partial charge on any atom is -0.495 e. The van der Waals surface area contributed by atoms with Gasteiger partial charge in [-0.1, -0.05) is 11.6 Å². The normalized spacial score (nSPS) is 11.5. The number of nitrogens with zero attached hydrogens (tertiary/aromatic N) is 2. The lowest BCUT2D eigenvalue weighted by molar-refractivity contribution is -0.137. The zero-order valence-corrected chi connectivity index (χ0v) is 17.2. The molecule has 0 saturated carbocycles. The van der Waals surface area contributed by atoms with Gasteiger partial charge in [0.1, 0.15) is 12.4 Å². The maximum atomic E-state index is 12.4. The van der Waals surface area contributed by atoms with Crippen LogP contribution in [0.4, 0.5) is 18.9 Å². The Morgan fingerprint density at radius 2 is 2.04 bits per heavy atom. The summed E-state index contributed by atoms with van der Waals surface area (Å²) in [4.78, 5) is 7.63. The number of hydrogen-bond acceptors (Lipinski definition) is 4. The molecule has 1 aromatic carbocycles. The van der Waals surface area contributed by atoms with Gasteiger partial charge in [0.2, 0.25) is 5.88 Å². The fourth-order valence-electron chi connectivity index (χ4n) is 1.88. The van der Waals surface area contributed by atoms with E-state index < -0.39 is 11.7 Å². The van der Waals surface area contributed by atoms with Gasteiger partial charge >= 0.3 is 6.18 Å². The highest BCUT2D eigenvalue weighted by atomic mass is 127. The van der Waals surface area contributed by atoms with Crippen molar-refractivity contribution in [2.24, 2.45) is 10.7 Å². The van der Waals surface area contributed by atoms with Crippen LogP contribution in [0, 0.1) is 0 Å². The molecule has 0 fully saturated rings. The number of nitrogens with one attached hydrogen (secondary N) is 1. The maximum Gasteiger partial charge on any atom is 0.417 e. The van der Waals surface area contributed by atoms with Gasteiger partial charge in [0.15, 0.2) is 5.96 Å². The minimum absolute atomic E-state index is 0. The van der Waals surface area contributed by atoms with Crippen LogP contribution in [0.5, 0.6) is 11.6 Å². The van der Waals surface area contributed by atoms with E-state index in [2.05, 4.69) is 15.3 Å². The van der Waals surface area contributed by atoms with Crippen molar-refractivity contribution in [2.45, 2.75) is 6.18 Å². The van der Waals surface area contributed by atoms with E-state index in [-0.39, 0.29) is 49.0 Å². The Labute approximate surface area is 175 Å². The minimum atomic E-state index is -4.43. The van der Waals surface area contributed by atoms with Gasteiger partial charge in [-0.25, -0.2) is 9.98 Å². The Bertz CT molecular complexity index is 773. The van der Waals surface area contributed by atoms with E-state index in [4.69, 9.17) is 26.8 Å². The van der Waals surface area contributed by atoms with Crippen LogP contribution in [0.15, 0.2) is 41.5 Å². The molecule has 0 aliphatic heterocycles. The van der Waals surface area contributed by atoms with Crippen LogP contribution in [0.1, 0.15) is 5.56 Å². The van der Waals surface area contributed by atoms with Crippen LogP contribution in [-0.4, -0.2) is 31.2 Å². The Kier molecular flexibility index (Phi) is 8.89. The van der Waals surface area contributed by atoms with Crippen LogP contribution < -0.4 is 20.5 Å². The van der Waals surface area contributed by atoms with Crippen LogP contribution in [0.2, 0.25) is 5.02 Å². The first kappa shape index (κ1) is 23.1. The van der Waals surface area contributed by atoms with Crippen molar-refractivity contribution in [3.63, 3.8) is 0 Å². The summed E-state index contributed by atoms with van der Waals surface area (Å²) in [6.07, 6.45) is -3.72. The van der Waals surface area contributed by atoms with Gasteiger partial charge in [0.05, 0.1) is 24.2 Å². The topological polar surface area (TPSA) is 81.8 Å². The molecule has 0 aliphatic rings. The number of rotatable bonds is 6. The Morgan fingerprint density at radius 1 is 1.30 bits per heavy atom. The number of aliphatic imine (C=N–C) groups is 1. The fourth-order valence-corrected chi connectivity index (χ4v) is 2.14. The van der Waals surface area contributed by atoms with Crippen molar-refractivity contribution in [2.75, 3.05) is 25.6 Å². The van der Waals surface area contributed by atoms with Crippen molar-refractivity contribution in [1.82, 2.24) is 4.98 Å². The molecule has 2 rings (SSSR count). The summed E-state index contributed by atoms with van der Waals surface area (Å²) in [7, 11) is 1.51. The first-order chi connectivity index (χ1) is 12.3. The molecule has 11 heteroatoms. The third-order valence-electron chi connectivity index (χ3n) is 3.11. The molecule has 3 N–H and O–H groups in total. The van der Waals surface area contributed by atoms with Crippen LogP contribution in [-0.2, 0) is 6.18 Å². The summed E-state index contributed by atoms with van der Waals surface area (Å²) in [6.45, 7) is 0.287. The first-order valence-corrected chi connectivity index (χ1v) is 7.74. The molecule has 1 heterocycles. The Morgan fingerprint density at radius 3 is 2.59 bits per heavy atom. The molecule has 6 nitrogen and oxygen atoms in total. The van der Waals surface area contributed by atoms with Gasteiger partial charge in [-0.2, -0.15) is 13.2 Å². The average Bonchev–Trinajstić information content (AvgIpc) is 2.58. The highest BCUT2D eigenvalue weighted by Crippen LogP contribution is 2.29. The molecule has 0 radical (unpaired) electrons. The van der Waals surface area contributed by atoms with E-state index in [9.17, 15) is 13.2 Å². The van der Waals surface area contributed by atoms with Gasteiger partial charge in [-0.15, -0.1) is 24.0 Å². The molecule has 1 aromatic heterocycles. The molecule has 0 bridgehead atoms. The van der Waals surface area contributed by atoms with Crippen molar-refractivity contribution in [3.8, 4) is 11.6 Å². The van der Waals surface area contributed by atoms with E-state index >= 15 is 0 Å². The van der Waals surface area contributed by atoms with Crippen molar-refractivity contribution in [3.05, 3.63) is 47.1 Å². The number of ether oxygens (including phenoxy) is 2. The second-order valence-corrected chi connectivity index (χ2v) is 5.38. The summed E-state index contributed by atoms with van der Waals surface area (Å²) in [5.41, 5.74) is 5.53. The third-order valence-corrected chi connectivity index (χ3v) is 3.41. The quantitative estimate of drug-likeness (QED) is 0.261. The van der Waals surface area contributed by atoms with Gasteiger partial charge in [0.25, 0.3) is 0 Å². The lowest BCUT2D eigenvalue weighted by atomic mass is 10.3. The lowest BCUT2D eigenvalue weighted by Crippen LogP contribution is -2.23. The number of benzene rings is 1. The number of aromatic nitrogens is 1. The average molecular weight is 517 g/mol. The summed E-state index contributed by atoms with van der Waals surface area (Å²) in [6, 6.07) is 7.07. The van der Waals surface area contributed by atoms with Crippen LogP contribution in [0.3, 0.4) is 0 Å². The fraction of sp³-hybridized carbons (Fsp3) is 0.250. The van der Waals surface area contributed by atoms with Crippen LogP contribution in [0.25, 0.3) is 0 Å². The monoisotopic (exact) mass is 516 g/mol. The smallest absolute Gasteiger partial charge is 0.417 e. The molecule has 0 aliphatic carbocycles. The molecule has 148 valence electrons. The van der Waals surface area contributed by atoms with Gasteiger partial charge < -0.3 is 20.5 Å². The zero-order chi connectivity index (χ0) is 19.2. The highest BCUT2D eigenvalue weighted by Gasteiger charge is 2.30. The molecule has 0 spiro atoms. The van der Waals surface area contributed by atoms with Gasteiger partial charge in [-0.3, -0.25) is 0 Å². The van der Waals surface area contributed by atoms with Crippen LogP contribution >= 0.6 is 35.6 Å². The standard InChI is InChI=1S/C16H16ClF3N4O2.HI/c1-25-13-4-3-11(8-12(13)17)24-15(21)22-6-7-26-14-5-2-10(9-23-14)16(18,19)20;/h2-5,8-9H,6-7H2,1H3,(H3,21,22,24);1H. The summed E-state index contributed by atoms with van der Waals surface area (Å²) in [5.74, 6) is 0.738. The van der Waals surface area contributed by atoms with E-state index in [0.717, 1.165) is 12.1 Å². The molecule has 0 saturated heterocycles. The Hall–Kier alpha value is -1.95. The molecule has 27 heavy (non-hydrogen) atoms. The molecule has 0 amide bonds. The predicted molar refractivity (Wildman–Crippen MR) is 108 cm³/mol. The Balaban J connectivity index is 0.00000364. The van der Waals surface area contributed by atoms with Gasteiger partial charge in [-0.05, 0) is 24.3 Å². The van der Waals surface area contributed by atoms with Gasteiger partial charge in [0, 0.05) is 18.0 Å².